The standard InChI is InChI=1S/C19H16ClN3O4/c1-12(24)23(17-9-14(19(26)27-2)6-7-16(17)20)11-18(25)22-15-5-3-4-13(8-15)10-21/h3-9H,11H2,1-2H3,(H,22,25). The first-order valence-corrected chi connectivity index (χ1v) is 8.19. The summed E-state index contributed by atoms with van der Waals surface area (Å²) in [6.45, 7) is 0.960. The largest absolute Gasteiger partial charge is 0.465 e. The van der Waals surface area contributed by atoms with E-state index in [0.29, 0.717) is 11.3 Å². The number of ether oxygens (including phenoxy) is 1. The summed E-state index contributed by atoms with van der Waals surface area (Å²) in [6, 6.07) is 12.7. The quantitative estimate of drug-likeness (QED) is 0.797. The lowest BCUT2D eigenvalue weighted by atomic mass is 10.1. The molecule has 2 amide bonds. The number of methoxy groups -OCH3 is 1. The molecule has 0 aliphatic heterocycles. The van der Waals surface area contributed by atoms with Gasteiger partial charge in [-0.2, -0.15) is 5.26 Å². The van der Waals surface area contributed by atoms with E-state index in [-0.39, 0.29) is 22.8 Å². The lowest BCUT2D eigenvalue weighted by molar-refractivity contribution is -0.120. The van der Waals surface area contributed by atoms with Crippen molar-refractivity contribution >= 4 is 40.8 Å². The number of halogens is 1. The van der Waals surface area contributed by atoms with Crippen molar-refractivity contribution in [3.8, 4) is 6.07 Å². The molecule has 2 rings (SSSR count). The second-order valence-corrected chi connectivity index (χ2v) is 5.91. The van der Waals surface area contributed by atoms with Crippen molar-refractivity contribution in [2.24, 2.45) is 0 Å². The highest BCUT2D eigenvalue weighted by atomic mass is 35.5. The maximum atomic E-state index is 12.4. The van der Waals surface area contributed by atoms with Gasteiger partial charge >= 0.3 is 5.97 Å². The Hall–Kier alpha value is -3.37. The summed E-state index contributed by atoms with van der Waals surface area (Å²) in [7, 11) is 1.24. The Morgan fingerprint density at radius 3 is 2.59 bits per heavy atom. The van der Waals surface area contributed by atoms with Crippen LogP contribution in [0.5, 0.6) is 0 Å². The van der Waals surface area contributed by atoms with E-state index in [1.165, 1.54) is 38.3 Å². The van der Waals surface area contributed by atoms with Crippen LogP contribution in [0.25, 0.3) is 0 Å². The van der Waals surface area contributed by atoms with Crippen LogP contribution in [0, 0.1) is 11.3 Å². The number of rotatable bonds is 5. The molecular weight excluding hydrogens is 370 g/mol. The van der Waals surface area contributed by atoms with Gasteiger partial charge in [-0.1, -0.05) is 17.7 Å². The minimum Gasteiger partial charge on any atom is -0.465 e. The first-order valence-electron chi connectivity index (χ1n) is 7.81. The maximum Gasteiger partial charge on any atom is 0.337 e. The summed E-state index contributed by atoms with van der Waals surface area (Å²) >= 11 is 6.15. The van der Waals surface area contributed by atoms with Gasteiger partial charge in [0.05, 0.1) is 35.0 Å². The Bertz CT molecular complexity index is 937. The Morgan fingerprint density at radius 1 is 1.22 bits per heavy atom. The summed E-state index contributed by atoms with van der Waals surface area (Å²) in [5.74, 6) is -1.51. The molecule has 0 aromatic heterocycles. The fourth-order valence-electron chi connectivity index (χ4n) is 2.34. The number of anilines is 2. The smallest absolute Gasteiger partial charge is 0.337 e. The SMILES string of the molecule is COC(=O)c1ccc(Cl)c(N(CC(=O)Nc2cccc(C#N)c2)C(C)=O)c1. The van der Waals surface area contributed by atoms with Crippen molar-refractivity contribution in [3.63, 3.8) is 0 Å². The molecule has 0 fully saturated rings. The number of carbonyl (C=O) groups excluding carboxylic acids is 3. The van der Waals surface area contributed by atoms with Gasteiger partial charge < -0.3 is 15.0 Å². The Morgan fingerprint density at radius 2 is 1.96 bits per heavy atom. The van der Waals surface area contributed by atoms with E-state index in [1.807, 2.05) is 6.07 Å². The topological polar surface area (TPSA) is 99.5 Å². The minimum atomic E-state index is -0.589. The molecule has 2 aromatic carbocycles. The van der Waals surface area contributed by atoms with Crippen LogP contribution < -0.4 is 10.2 Å². The van der Waals surface area contributed by atoms with Gasteiger partial charge in [0.15, 0.2) is 0 Å². The maximum absolute atomic E-state index is 12.4. The van der Waals surface area contributed by atoms with E-state index in [4.69, 9.17) is 16.9 Å². The van der Waals surface area contributed by atoms with Crippen molar-refractivity contribution in [1.82, 2.24) is 0 Å². The Labute approximate surface area is 161 Å². The van der Waals surface area contributed by atoms with Crippen molar-refractivity contribution in [3.05, 3.63) is 58.6 Å². The normalized spacial score (nSPS) is 9.85. The molecule has 0 aliphatic rings. The fourth-order valence-corrected chi connectivity index (χ4v) is 2.56. The lowest BCUT2D eigenvalue weighted by Crippen LogP contribution is -2.37. The van der Waals surface area contributed by atoms with Crippen molar-refractivity contribution in [1.29, 1.82) is 5.26 Å². The van der Waals surface area contributed by atoms with E-state index in [1.54, 1.807) is 18.2 Å². The number of carbonyl (C=O) groups is 3. The summed E-state index contributed by atoms with van der Waals surface area (Å²) in [5.41, 5.74) is 1.24. The first kappa shape index (κ1) is 19.9. The number of amides is 2. The highest BCUT2D eigenvalue weighted by Gasteiger charge is 2.20. The van der Waals surface area contributed by atoms with Crippen LogP contribution in [-0.4, -0.2) is 31.4 Å². The molecule has 0 unspecified atom stereocenters. The van der Waals surface area contributed by atoms with Crippen LogP contribution in [-0.2, 0) is 14.3 Å². The van der Waals surface area contributed by atoms with Crippen LogP contribution in [0.2, 0.25) is 5.02 Å². The predicted octanol–water partition coefficient (Wildman–Crippen LogP) is 2.99. The zero-order chi connectivity index (χ0) is 20.0. The molecular formula is C19H16ClN3O4. The van der Waals surface area contributed by atoms with Gasteiger partial charge in [-0.05, 0) is 36.4 Å². The molecule has 0 heterocycles. The zero-order valence-corrected chi connectivity index (χ0v) is 15.4. The van der Waals surface area contributed by atoms with Gasteiger partial charge in [0.2, 0.25) is 11.8 Å². The molecule has 0 bridgehead atoms. The first-order chi connectivity index (χ1) is 12.8. The third-order valence-electron chi connectivity index (χ3n) is 3.62. The zero-order valence-electron chi connectivity index (χ0n) is 14.7. The Kier molecular flexibility index (Phi) is 6.52. The second-order valence-electron chi connectivity index (χ2n) is 5.50. The lowest BCUT2D eigenvalue weighted by Gasteiger charge is -2.22. The van der Waals surface area contributed by atoms with Gasteiger partial charge in [0.25, 0.3) is 0 Å². The third kappa shape index (κ3) is 5.06. The molecule has 1 N–H and O–H groups in total. The summed E-state index contributed by atoms with van der Waals surface area (Å²) in [5, 5.41) is 11.7. The summed E-state index contributed by atoms with van der Waals surface area (Å²) < 4.78 is 4.66. The molecule has 0 aliphatic carbocycles. The van der Waals surface area contributed by atoms with Crippen LogP contribution >= 0.6 is 11.6 Å². The third-order valence-corrected chi connectivity index (χ3v) is 3.93. The average Bonchev–Trinajstić information content (AvgIpc) is 2.66. The molecule has 0 saturated heterocycles. The molecule has 0 saturated carbocycles. The predicted molar refractivity (Wildman–Crippen MR) is 101 cm³/mol. The van der Waals surface area contributed by atoms with E-state index >= 15 is 0 Å². The number of nitrogens with one attached hydrogen (secondary N) is 1. The van der Waals surface area contributed by atoms with Crippen molar-refractivity contribution in [2.75, 3.05) is 23.9 Å². The molecule has 138 valence electrons. The van der Waals surface area contributed by atoms with Gasteiger partial charge in [0, 0.05) is 12.6 Å². The molecule has 0 spiro atoms. The molecule has 8 heteroatoms. The minimum absolute atomic E-state index is 0.199. The molecule has 0 atom stereocenters. The highest BCUT2D eigenvalue weighted by Crippen LogP contribution is 2.27. The summed E-state index contributed by atoms with van der Waals surface area (Å²) in [4.78, 5) is 37.3. The van der Waals surface area contributed by atoms with Crippen LogP contribution in [0.4, 0.5) is 11.4 Å². The average molecular weight is 386 g/mol. The fraction of sp³-hybridized carbons (Fsp3) is 0.158. The van der Waals surface area contributed by atoms with Gasteiger partial charge in [-0.3, -0.25) is 9.59 Å². The van der Waals surface area contributed by atoms with Crippen molar-refractivity contribution in [2.45, 2.75) is 6.92 Å². The highest BCUT2D eigenvalue weighted by molar-refractivity contribution is 6.34. The monoisotopic (exact) mass is 385 g/mol. The molecule has 2 aromatic rings. The number of nitrogens with zero attached hydrogens (tertiary/aromatic N) is 2. The van der Waals surface area contributed by atoms with Crippen LogP contribution in [0.3, 0.4) is 0 Å². The number of hydrogen-bond acceptors (Lipinski definition) is 5. The van der Waals surface area contributed by atoms with Gasteiger partial charge in [0.1, 0.15) is 6.54 Å². The number of nitriles is 1. The molecule has 7 nitrogen and oxygen atoms in total. The molecule has 27 heavy (non-hydrogen) atoms. The van der Waals surface area contributed by atoms with Gasteiger partial charge in [-0.15, -0.1) is 0 Å². The number of hydrogen-bond donors (Lipinski definition) is 1. The van der Waals surface area contributed by atoms with Crippen molar-refractivity contribution < 1.29 is 19.1 Å². The van der Waals surface area contributed by atoms with E-state index in [2.05, 4.69) is 10.1 Å². The van der Waals surface area contributed by atoms with Crippen LogP contribution in [0.15, 0.2) is 42.5 Å². The number of benzene rings is 2. The van der Waals surface area contributed by atoms with E-state index in [0.717, 1.165) is 4.90 Å². The van der Waals surface area contributed by atoms with E-state index < -0.39 is 17.8 Å². The second kappa shape index (κ2) is 8.83. The van der Waals surface area contributed by atoms with E-state index in [9.17, 15) is 14.4 Å². The molecule has 0 radical (unpaired) electrons. The Balaban J connectivity index is 2.25. The van der Waals surface area contributed by atoms with Crippen LogP contribution in [0.1, 0.15) is 22.8 Å². The summed E-state index contributed by atoms with van der Waals surface area (Å²) in [6.07, 6.45) is 0. The van der Waals surface area contributed by atoms with Gasteiger partial charge in [-0.25, -0.2) is 4.79 Å². The number of esters is 1.